The molecule has 0 atom stereocenters. The summed E-state index contributed by atoms with van der Waals surface area (Å²) in [6, 6.07) is 5.58. The van der Waals surface area contributed by atoms with Crippen LogP contribution >= 0.6 is 0 Å². The van der Waals surface area contributed by atoms with Crippen LogP contribution in [0.5, 0.6) is 0 Å². The Morgan fingerprint density at radius 1 is 0.903 bits per heavy atom. The summed E-state index contributed by atoms with van der Waals surface area (Å²) in [5.41, 5.74) is 1.26. The summed E-state index contributed by atoms with van der Waals surface area (Å²) in [6.45, 7) is -0.0470. The van der Waals surface area contributed by atoms with Gasteiger partial charge in [-0.05, 0) is 24.3 Å². The van der Waals surface area contributed by atoms with E-state index in [2.05, 4.69) is 30.2 Å². The minimum absolute atomic E-state index is 0.0470. The van der Waals surface area contributed by atoms with E-state index in [0.29, 0.717) is 22.8 Å². The predicted octanol–water partition coefficient (Wildman–Crippen LogP) is 3.45. The van der Waals surface area contributed by atoms with E-state index in [9.17, 15) is 18.0 Å². The first kappa shape index (κ1) is 20.1. The van der Waals surface area contributed by atoms with Gasteiger partial charge in [0.2, 0.25) is 5.91 Å². The molecule has 11 heteroatoms. The van der Waals surface area contributed by atoms with Crippen LogP contribution < -0.4 is 5.32 Å². The monoisotopic (exact) mass is 425 g/mol. The largest absolute Gasteiger partial charge is 0.433 e. The van der Waals surface area contributed by atoms with Gasteiger partial charge in [0, 0.05) is 42.1 Å². The summed E-state index contributed by atoms with van der Waals surface area (Å²) in [7, 11) is 0. The van der Waals surface area contributed by atoms with E-state index < -0.39 is 11.9 Å². The standard InChI is InChI=1S/C20H14F3N7O/c21-20(22,23)17-3-1-14(7-26-17)16-10-30(12-28-16)11-19(31)29-18-4-2-13(8-27-18)15-9-24-5-6-25-15/h1-10,12H,11H2,(H,27,29,31). The number of rotatable bonds is 5. The first-order chi connectivity index (χ1) is 14.9. The van der Waals surface area contributed by atoms with Crippen LogP contribution in [-0.4, -0.2) is 35.4 Å². The van der Waals surface area contributed by atoms with E-state index in [1.54, 1.807) is 43.1 Å². The molecule has 0 spiro atoms. The molecular formula is C20H14F3N7O. The number of amides is 1. The van der Waals surface area contributed by atoms with E-state index in [-0.39, 0.29) is 12.5 Å². The molecule has 0 aliphatic rings. The second-order valence-electron chi connectivity index (χ2n) is 6.43. The van der Waals surface area contributed by atoms with Gasteiger partial charge in [0.15, 0.2) is 0 Å². The normalized spacial score (nSPS) is 11.3. The summed E-state index contributed by atoms with van der Waals surface area (Å²) in [5.74, 6) is 0.0270. The van der Waals surface area contributed by atoms with Gasteiger partial charge >= 0.3 is 6.18 Å². The number of carbonyl (C=O) groups excluding carboxylic acids is 1. The van der Waals surface area contributed by atoms with E-state index in [1.165, 1.54) is 17.0 Å². The number of aromatic nitrogens is 6. The Labute approximate surface area is 173 Å². The van der Waals surface area contributed by atoms with Gasteiger partial charge in [0.05, 0.1) is 23.9 Å². The van der Waals surface area contributed by atoms with Gasteiger partial charge in [0.1, 0.15) is 18.1 Å². The number of hydrogen-bond acceptors (Lipinski definition) is 6. The van der Waals surface area contributed by atoms with Gasteiger partial charge in [-0.1, -0.05) is 0 Å². The van der Waals surface area contributed by atoms with E-state index in [1.807, 2.05) is 0 Å². The number of nitrogens with zero attached hydrogens (tertiary/aromatic N) is 6. The zero-order valence-electron chi connectivity index (χ0n) is 15.8. The van der Waals surface area contributed by atoms with Crippen molar-refractivity contribution in [1.29, 1.82) is 0 Å². The number of alkyl halides is 3. The Morgan fingerprint density at radius 2 is 1.68 bits per heavy atom. The first-order valence-corrected chi connectivity index (χ1v) is 8.96. The number of nitrogens with one attached hydrogen (secondary N) is 1. The Hall–Kier alpha value is -4.15. The fraction of sp³-hybridized carbons (Fsp3) is 0.100. The molecule has 31 heavy (non-hydrogen) atoms. The Bertz CT molecular complexity index is 1170. The number of hydrogen-bond donors (Lipinski definition) is 1. The van der Waals surface area contributed by atoms with Gasteiger partial charge in [-0.2, -0.15) is 13.2 Å². The molecule has 4 rings (SSSR count). The van der Waals surface area contributed by atoms with Gasteiger partial charge in [-0.3, -0.25) is 19.7 Å². The van der Waals surface area contributed by atoms with Crippen LogP contribution in [0.3, 0.4) is 0 Å². The van der Waals surface area contributed by atoms with Crippen LogP contribution in [0.1, 0.15) is 5.69 Å². The third kappa shape index (κ3) is 4.89. The molecule has 0 saturated heterocycles. The van der Waals surface area contributed by atoms with Crippen molar-refractivity contribution >= 4 is 11.7 Å². The fourth-order valence-corrected chi connectivity index (χ4v) is 2.72. The van der Waals surface area contributed by atoms with E-state index in [0.717, 1.165) is 17.8 Å². The lowest BCUT2D eigenvalue weighted by atomic mass is 10.2. The number of halogens is 3. The lowest BCUT2D eigenvalue weighted by Crippen LogP contribution is -2.18. The molecule has 0 radical (unpaired) electrons. The van der Waals surface area contributed by atoms with E-state index in [4.69, 9.17) is 0 Å². The molecule has 0 bridgehead atoms. The Balaban J connectivity index is 1.38. The van der Waals surface area contributed by atoms with E-state index >= 15 is 0 Å². The molecule has 0 unspecified atom stereocenters. The van der Waals surface area contributed by atoms with Crippen LogP contribution in [0, 0.1) is 0 Å². The molecule has 0 fully saturated rings. The summed E-state index contributed by atoms with van der Waals surface area (Å²) >= 11 is 0. The highest BCUT2D eigenvalue weighted by molar-refractivity contribution is 5.89. The maximum atomic E-state index is 12.6. The lowest BCUT2D eigenvalue weighted by Gasteiger charge is -2.06. The molecule has 0 aliphatic carbocycles. The molecule has 1 N–H and O–H groups in total. The van der Waals surface area contributed by atoms with Crippen molar-refractivity contribution in [3.05, 3.63) is 73.5 Å². The zero-order valence-corrected chi connectivity index (χ0v) is 15.8. The molecule has 0 aliphatic heterocycles. The molecule has 0 aromatic carbocycles. The average Bonchev–Trinajstić information content (AvgIpc) is 3.23. The van der Waals surface area contributed by atoms with Crippen molar-refractivity contribution in [3.63, 3.8) is 0 Å². The quantitative estimate of drug-likeness (QED) is 0.526. The number of anilines is 1. The third-order valence-corrected chi connectivity index (χ3v) is 4.20. The van der Waals surface area contributed by atoms with Crippen molar-refractivity contribution in [2.45, 2.75) is 12.7 Å². The van der Waals surface area contributed by atoms with Gasteiger partial charge in [0.25, 0.3) is 0 Å². The van der Waals surface area contributed by atoms with Crippen LogP contribution in [-0.2, 0) is 17.5 Å². The highest BCUT2D eigenvalue weighted by atomic mass is 19.4. The Kier molecular flexibility index (Phi) is 5.39. The topological polar surface area (TPSA) is 98.5 Å². The molecule has 4 aromatic heterocycles. The molecule has 4 heterocycles. The second kappa shape index (κ2) is 8.30. The molecular weight excluding hydrogens is 411 g/mol. The SMILES string of the molecule is O=C(Cn1cnc(-c2ccc(C(F)(F)F)nc2)c1)Nc1ccc(-c2cnccn2)cn1. The van der Waals surface area contributed by atoms with Gasteiger partial charge in [-0.25, -0.2) is 9.97 Å². The maximum Gasteiger partial charge on any atom is 0.433 e. The minimum atomic E-state index is -4.50. The van der Waals surface area contributed by atoms with Crippen molar-refractivity contribution < 1.29 is 18.0 Å². The van der Waals surface area contributed by atoms with Crippen molar-refractivity contribution in [1.82, 2.24) is 29.5 Å². The molecule has 156 valence electrons. The number of imidazole rings is 1. The van der Waals surface area contributed by atoms with Crippen LogP contribution in [0.15, 0.2) is 67.8 Å². The zero-order chi connectivity index (χ0) is 21.8. The van der Waals surface area contributed by atoms with Crippen molar-refractivity contribution in [2.24, 2.45) is 0 Å². The predicted molar refractivity (Wildman–Crippen MR) is 104 cm³/mol. The number of carbonyl (C=O) groups is 1. The molecule has 4 aromatic rings. The maximum absolute atomic E-state index is 12.6. The summed E-state index contributed by atoms with van der Waals surface area (Å²) < 4.78 is 39.4. The second-order valence-corrected chi connectivity index (χ2v) is 6.43. The summed E-state index contributed by atoms with van der Waals surface area (Å²) in [4.78, 5) is 32.2. The third-order valence-electron chi connectivity index (χ3n) is 4.20. The van der Waals surface area contributed by atoms with Crippen molar-refractivity contribution in [3.8, 4) is 22.5 Å². The molecule has 8 nitrogen and oxygen atoms in total. The van der Waals surface area contributed by atoms with Crippen LogP contribution in [0.4, 0.5) is 19.0 Å². The minimum Gasteiger partial charge on any atom is -0.327 e. The fourth-order valence-electron chi connectivity index (χ4n) is 2.72. The first-order valence-electron chi connectivity index (χ1n) is 8.96. The summed E-state index contributed by atoms with van der Waals surface area (Å²) in [5, 5.41) is 2.67. The lowest BCUT2D eigenvalue weighted by molar-refractivity contribution is -0.141. The smallest absolute Gasteiger partial charge is 0.327 e. The highest BCUT2D eigenvalue weighted by Crippen LogP contribution is 2.28. The van der Waals surface area contributed by atoms with Gasteiger partial charge < -0.3 is 9.88 Å². The van der Waals surface area contributed by atoms with Crippen LogP contribution in [0.2, 0.25) is 0 Å². The molecule has 0 saturated carbocycles. The summed E-state index contributed by atoms with van der Waals surface area (Å²) in [6.07, 6.45) is 5.89. The van der Waals surface area contributed by atoms with Gasteiger partial charge in [-0.15, -0.1) is 0 Å². The molecule has 1 amide bonds. The average molecular weight is 425 g/mol. The highest BCUT2D eigenvalue weighted by Gasteiger charge is 2.32. The van der Waals surface area contributed by atoms with Crippen molar-refractivity contribution in [2.75, 3.05) is 5.32 Å². The van der Waals surface area contributed by atoms with Crippen LogP contribution in [0.25, 0.3) is 22.5 Å². The Morgan fingerprint density at radius 3 is 2.32 bits per heavy atom. The number of pyridine rings is 2.